The molecule has 2 aliphatic heterocycles. The summed E-state index contributed by atoms with van der Waals surface area (Å²) in [5.74, 6) is 1.47. The first-order valence-corrected chi connectivity index (χ1v) is 6.45. The van der Waals surface area contributed by atoms with Crippen molar-refractivity contribution in [1.29, 1.82) is 0 Å². The number of benzene rings is 1. The smallest absolute Gasteiger partial charge is 0.163 e. The molecule has 0 atom stereocenters. The number of nitrogens with one attached hydrogen (secondary N) is 1. The number of halogens is 1. The van der Waals surface area contributed by atoms with Gasteiger partial charge in [0, 0.05) is 24.1 Å². The predicted octanol–water partition coefficient (Wildman–Crippen LogP) is 2.56. The molecule has 3 rings (SSSR count). The number of ether oxygens (including phenoxy) is 3. The molecule has 0 unspecified atom stereocenters. The van der Waals surface area contributed by atoms with Crippen molar-refractivity contribution in [3.05, 3.63) is 17.2 Å². The third-order valence-electron chi connectivity index (χ3n) is 3.24. The standard InChI is InChI=1S/C13H16ClNO3/c1-13(7-16-8-13)6-15-10-5-12-11(4-9(10)14)17-2-3-18-12/h4-5,15H,2-3,6-8H2,1H3. The van der Waals surface area contributed by atoms with Gasteiger partial charge in [0.1, 0.15) is 13.2 Å². The fourth-order valence-electron chi connectivity index (χ4n) is 2.06. The van der Waals surface area contributed by atoms with Gasteiger partial charge in [-0.05, 0) is 0 Å². The van der Waals surface area contributed by atoms with Gasteiger partial charge in [-0.15, -0.1) is 0 Å². The number of rotatable bonds is 3. The molecule has 0 spiro atoms. The molecule has 1 saturated heterocycles. The highest BCUT2D eigenvalue weighted by Crippen LogP contribution is 2.38. The van der Waals surface area contributed by atoms with E-state index < -0.39 is 0 Å². The second-order valence-electron chi connectivity index (χ2n) is 5.13. The maximum absolute atomic E-state index is 6.22. The second kappa shape index (κ2) is 4.52. The van der Waals surface area contributed by atoms with Crippen LogP contribution >= 0.6 is 11.6 Å². The molecule has 0 amide bonds. The quantitative estimate of drug-likeness (QED) is 0.915. The van der Waals surface area contributed by atoms with E-state index in [1.807, 2.05) is 6.07 Å². The largest absolute Gasteiger partial charge is 0.486 e. The normalized spacial score (nSPS) is 20.1. The number of hydrogen-bond donors (Lipinski definition) is 1. The van der Waals surface area contributed by atoms with Crippen LogP contribution < -0.4 is 14.8 Å². The average molecular weight is 270 g/mol. The molecule has 1 N–H and O–H groups in total. The monoisotopic (exact) mass is 269 g/mol. The Morgan fingerprint density at radius 1 is 1.22 bits per heavy atom. The fourth-order valence-corrected chi connectivity index (χ4v) is 2.28. The zero-order valence-corrected chi connectivity index (χ0v) is 11.0. The van der Waals surface area contributed by atoms with Crippen LogP contribution in [0.4, 0.5) is 5.69 Å². The van der Waals surface area contributed by atoms with Crippen molar-refractivity contribution in [1.82, 2.24) is 0 Å². The molecule has 4 nitrogen and oxygen atoms in total. The molecule has 1 aromatic rings. The van der Waals surface area contributed by atoms with Gasteiger partial charge < -0.3 is 19.5 Å². The van der Waals surface area contributed by atoms with Gasteiger partial charge in [0.05, 0.1) is 23.9 Å². The lowest BCUT2D eigenvalue weighted by Crippen LogP contribution is -2.45. The zero-order chi connectivity index (χ0) is 12.6. The molecule has 2 heterocycles. The Morgan fingerprint density at radius 3 is 2.50 bits per heavy atom. The van der Waals surface area contributed by atoms with Crippen LogP contribution in [-0.4, -0.2) is 33.0 Å². The molecular weight excluding hydrogens is 254 g/mol. The summed E-state index contributed by atoms with van der Waals surface area (Å²) in [6, 6.07) is 3.71. The van der Waals surface area contributed by atoms with Crippen molar-refractivity contribution >= 4 is 17.3 Å². The highest BCUT2D eigenvalue weighted by Gasteiger charge is 2.33. The molecule has 2 aliphatic rings. The molecule has 98 valence electrons. The lowest BCUT2D eigenvalue weighted by molar-refractivity contribution is -0.0924. The Labute approximate surface area is 111 Å². The van der Waals surface area contributed by atoms with Gasteiger partial charge in [-0.2, -0.15) is 0 Å². The minimum Gasteiger partial charge on any atom is -0.486 e. The van der Waals surface area contributed by atoms with Crippen molar-refractivity contribution < 1.29 is 14.2 Å². The molecule has 0 saturated carbocycles. The van der Waals surface area contributed by atoms with Gasteiger partial charge in [0.15, 0.2) is 11.5 Å². The Morgan fingerprint density at radius 2 is 1.89 bits per heavy atom. The Kier molecular flexibility index (Phi) is 2.99. The van der Waals surface area contributed by atoms with E-state index in [-0.39, 0.29) is 5.41 Å². The molecule has 0 bridgehead atoms. The van der Waals surface area contributed by atoms with E-state index in [4.69, 9.17) is 25.8 Å². The zero-order valence-electron chi connectivity index (χ0n) is 10.3. The Bertz CT molecular complexity index is 460. The second-order valence-corrected chi connectivity index (χ2v) is 5.54. The minimum absolute atomic E-state index is 0.205. The molecule has 0 radical (unpaired) electrons. The lowest BCUT2D eigenvalue weighted by atomic mass is 9.89. The topological polar surface area (TPSA) is 39.7 Å². The average Bonchev–Trinajstić information content (AvgIpc) is 2.34. The van der Waals surface area contributed by atoms with Crippen LogP contribution in [0.15, 0.2) is 12.1 Å². The Hall–Kier alpha value is -1.13. The van der Waals surface area contributed by atoms with Crippen LogP contribution in [0.3, 0.4) is 0 Å². The van der Waals surface area contributed by atoms with E-state index in [1.165, 1.54) is 0 Å². The Balaban J connectivity index is 1.75. The van der Waals surface area contributed by atoms with E-state index in [1.54, 1.807) is 6.07 Å². The van der Waals surface area contributed by atoms with E-state index in [2.05, 4.69) is 12.2 Å². The summed E-state index contributed by atoms with van der Waals surface area (Å²) in [5.41, 5.74) is 1.09. The van der Waals surface area contributed by atoms with Crippen molar-refractivity contribution in [3.8, 4) is 11.5 Å². The van der Waals surface area contributed by atoms with Gasteiger partial charge in [0.25, 0.3) is 0 Å². The lowest BCUT2D eigenvalue weighted by Gasteiger charge is -2.38. The molecule has 1 aromatic carbocycles. The number of anilines is 1. The summed E-state index contributed by atoms with van der Waals surface area (Å²) in [7, 11) is 0. The van der Waals surface area contributed by atoms with E-state index in [0.717, 1.165) is 36.9 Å². The maximum Gasteiger partial charge on any atom is 0.163 e. The van der Waals surface area contributed by atoms with Crippen molar-refractivity contribution in [2.24, 2.45) is 5.41 Å². The third kappa shape index (κ3) is 2.22. The minimum atomic E-state index is 0.205. The van der Waals surface area contributed by atoms with Crippen molar-refractivity contribution in [2.45, 2.75) is 6.92 Å². The molecule has 0 aromatic heterocycles. The van der Waals surface area contributed by atoms with Gasteiger partial charge in [0.2, 0.25) is 0 Å². The fraction of sp³-hybridized carbons (Fsp3) is 0.538. The highest BCUT2D eigenvalue weighted by molar-refractivity contribution is 6.33. The molecular formula is C13H16ClNO3. The first-order chi connectivity index (χ1) is 8.66. The molecule has 1 fully saturated rings. The van der Waals surface area contributed by atoms with Crippen LogP contribution in [0, 0.1) is 5.41 Å². The van der Waals surface area contributed by atoms with Crippen LogP contribution in [0.5, 0.6) is 11.5 Å². The molecule has 18 heavy (non-hydrogen) atoms. The van der Waals surface area contributed by atoms with Crippen molar-refractivity contribution in [3.63, 3.8) is 0 Å². The van der Waals surface area contributed by atoms with Gasteiger partial charge in [-0.3, -0.25) is 0 Å². The van der Waals surface area contributed by atoms with Gasteiger partial charge in [-0.25, -0.2) is 0 Å². The van der Waals surface area contributed by atoms with E-state index in [0.29, 0.717) is 18.2 Å². The number of fused-ring (bicyclic) bond motifs is 1. The van der Waals surface area contributed by atoms with Crippen LogP contribution in [0.25, 0.3) is 0 Å². The van der Waals surface area contributed by atoms with Crippen LogP contribution in [-0.2, 0) is 4.74 Å². The third-order valence-corrected chi connectivity index (χ3v) is 3.55. The van der Waals surface area contributed by atoms with E-state index in [9.17, 15) is 0 Å². The summed E-state index contributed by atoms with van der Waals surface area (Å²) < 4.78 is 16.3. The summed E-state index contributed by atoms with van der Waals surface area (Å²) in [6.45, 7) is 5.78. The van der Waals surface area contributed by atoms with Gasteiger partial charge >= 0.3 is 0 Å². The maximum atomic E-state index is 6.22. The SMILES string of the molecule is CC1(CNc2cc3c(cc2Cl)OCCO3)COC1. The highest BCUT2D eigenvalue weighted by atomic mass is 35.5. The van der Waals surface area contributed by atoms with E-state index >= 15 is 0 Å². The summed E-state index contributed by atoms with van der Waals surface area (Å²) in [6.07, 6.45) is 0. The first kappa shape index (κ1) is 11.9. The first-order valence-electron chi connectivity index (χ1n) is 6.07. The summed E-state index contributed by atoms with van der Waals surface area (Å²) >= 11 is 6.22. The number of hydrogen-bond acceptors (Lipinski definition) is 4. The van der Waals surface area contributed by atoms with Crippen LogP contribution in [0.1, 0.15) is 6.92 Å². The molecule has 5 heteroatoms. The summed E-state index contributed by atoms with van der Waals surface area (Å²) in [4.78, 5) is 0. The van der Waals surface area contributed by atoms with Crippen molar-refractivity contribution in [2.75, 3.05) is 38.3 Å². The molecule has 0 aliphatic carbocycles. The summed E-state index contributed by atoms with van der Waals surface area (Å²) in [5, 5.41) is 4.01. The predicted molar refractivity (Wildman–Crippen MR) is 69.9 cm³/mol. The van der Waals surface area contributed by atoms with Gasteiger partial charge in [-0.1, -0.05) is 18.5 Å². The van der Waals surface area contributed by atoms with Crippen LogP contribution in [0.2, 0.25) is 5.02 Å².